The van der Waals surface area contributed by atoms with Gasteiger partial charge in [0.2, 0.25) is 0 Å². The summed E-state index contributed by atoms with van der Waals surface area (Å²) in [5, 5.41) is 4.29. The number of hydrogen-bond acceptors (Lipinski definition) is 3. The number of thioether (sulfide) groups is 1. The lowest BCUT2D eigenvalue weighted by Crippen LogP contribution is -2.41. The molecule has 1 aliphatic carbocycles. The maximum Gasteiger partial charge on any atom is 0.0470 e. The first kappa shape index (κ1) is 13.3. The molecular formula is C12H25NOS. The molecule has 0 bridgehead atoms. The molecule has 1 fully saturated rings. The first-order valence-corrected chi connectivity index (χ1v) is 6.94. The minimum atomic E-state index is 0.466. The first-order valence-electron chi connectivity index (χ1n) is 5.89. The third-order valence-corrected chi connectivity index (χ3v) is 4.88. The van der Waals surface area contributed by atoms with E-state index in [4.69, 9.17) is 4.74 Å². The van der Waals surface area contributed by atoms with Crippen LogP contribution in [0.25, 0.3) is 0 Å². The van der Waals surface area contributed by atoms with Gasteiger partial charge in [-0.2, -0.15) is 11.8 Å². The molecule has 90 valence electrons. The van der Waals surface area contributed by atoms with Gasteiger partial charge in [0.1, 0.15) is 0 Å². The van der Waals surface area contributed by atoms with Gasteiger partial charge in [0.15, 0.2) is 0 Å². The maximum atomic E-state index is 5.07. The summed E-state index contributed by atoms with van der Waals surface area (Å²) >= 11 is 2.12. The van der Waals surface area contributed by atoms with Crippen molar-refractivity contribution >= 4 is 11.8 Å². The summed E-state index contributed by atoms with van der Waals surface area (Å²) in [5.41, 5.74) is 0.466. The molecule has 15 heavy (non-hydrogen) atoms. The van der Waals surface area contributed by atoms with E-state index in [1.54, 1.807) is 7.11 Å². The average Bonchev–Trinajstić information content (AvgIpc) is 2.48. The number of ether oxygens (including phenoxy) is 1. The molecule has 1 rings (SSSR count). The molecule has 3 heteroatoms. The Morgan fingerprint density at radius 2 is 2.20 bits per heavy atom. The van der Waals surface area contributed by atoms with Gasteiger partial charge in [-0.05, 0) is 37.5 Å². The van der Waals surface area contributed by atoms with Gasteiger partial charge in [0.25, 0.3) is 0 Å². The van der Waals surface area contributed by atoms with Gasteiger partial charge in [-0.25, -0.2) is 0 Å². The van der Waals surface area contributed by atoms with Crippen molar-refractivity contribution in [2.24, 2.45) is 5.41 Å². The molecule has 0 heterocycles. The minimum absolute atomic E-state index is 0.466. The number of hydrogen-bond donors (Lipinski definition) is 1. The van der Waals surface area contributed by atoms with Crippen LogP contribution in [0.4, 0.5) is 0 Å². The van der Waals surface area contributed by atoms with Gasteiger partial charge in [-0.3, -0.25) is 0 Å². The van der Waals surface area contributed by atoms with E-state index in [1.807, 2.05) is 0 Å². The molecule has 1 saturated carbocycles. The van der Waals surface area contributed by atoms with Gasteiger partial charge in [0, 0.05) is 25.0 Å². The Hall–Kier alpha value is 0.270. The standard InChI is InChI=1S/C12H25NOS/c1-12(2)7-6-10(11(12)13-3)15-9-5-8-14-4/h10-11,13H,5-9H2,1-4H3. The Kier molecular flexibility index (Phi) is 5.44. The largest absolute Gasteiger partial charge is 0.385 e. The van der Waals surface area contributed by atoms with Gasteiger partial charge in [0.05, 0.1) is 0 Å². The Morgan fingerprint density at radius 1 is 1.47 bits per heavy atom. The lowest BCUT2D eigenvalue weighted by molar-refractivity contribution is 0.200. The van der Waals surface area contributed by atoms with Crippen LogP contribution in [-0.4, -0.2) is 37.8 Å². The predicted molar refractivity (Wildman–Crippen MR) is 68.6 cm³/mol. The lowest BCUT2D eigenvalue weighted by atomic mass is 9.87. The van der Waals surface area contributed by atoms with Crippen LogP contribution < -0.4 is 5.32 Å². The van der Waals surface area contributed by atoms with Gasteiger partial charge < -0.3 is 10.1 Å². The van der Waals surface area contributed by atoms with E-state index in [-0.39, 0.29) is 0 Å². The third-order valence-electron chi connectivity index (χ3n) is 3.42. The molecule has 0 spiro atoms. The van der Waals surface area contributed by atoms with Crippen molar-refractivity contribution in [3.63, 3.8) is 0 Å². The van der Waals surface area contributed by atoms with Gasteiger partial charge in [-0.15, -0.1) is 0 Å². The fourth-order valence-electron chi connectivity index (χ4n) is 2.53. The highest BCUT2D eigenvalue weighted by molar-refractivity contribution is 7.99. The normalized spacial score (nSPS) is 29.6. The summed E-state index contributed by atoms with van der Waals surface area (Å²) in [6, 6.07) is 0.671. The number of rotatable bonds is 6. The molecule has 1 aliphatic rings. The Labute approximate surface area is 98.5 Å². The second kappa shape index (κ2) is 6.12. The second-order valence-electron chi connectivity index (χ2n) is 5.05. The predicted octanol–water partition coefficient (Wildman–Crippen LogP) is 2.53. The van der Waals surface area contributed by atoms with E-state index >= 15 is 0 Å². The summed E-state index contributed by atoms with van der Waals surface area (Å²) in [5.74, 6) is 1.23. The van der Waals surface area contributed by atoms with E-state index < -0.39 is 0 Å². The molecule has 0 aliphatic heterocycles. The minimum Gasteiger partial charge on any atom is -0.385 e. The third kappa shape index (κ3) is 3.65. The monoisotopic (exact) mass is 231 g/mol. The van der Waals surface area contributed by atoms with Crippen LogP contribution >= 0.6 is 11.8 Å². The molecule has 2 nitrogen and oxygen atoms in total. The highest BCUT2D eigenvalue weighted by Gasteiger charge is 2.40. The van der Waals surface area contributed by atoms with E-state index in [2.05, 4.69) is 38.0 Å². The van der Waals surface area contributed by atoms with Crippen LogP contribution in [0.3, 0.4) is 0 Å². The molecule has 0 aromatic carbocycles. The highest BCUT2D eigenvalue weighted by Crippen LogP contribution is 2.42. The van der Waals surface area contributed by atoms with Gasteiger partial charge >= 0.3 is 0 Å². The van der Waals surface area contributed by atoms with Crippen LogP contribution in [0.2, 0.25) is 0 Å². The maximum absolute atomic E-state index is 5.07. The fourth-order valence-corrected chi connectivity index (χ4v) is 4.10. The Morgan fingerprint density at radius 3 is 2.80 bits per heavy atom. The van der Waals surface area contributed by atoms with E-state index in [1.165, 1.54) is 25.0 Å². The molecule has 1 N–H and O–H groups in total. The highest BCUT2D eigenvalue weighted by atomic mass is 32.2. The van der Waals surface area contributed by atoms with Crippen molar-refractivity contribution in [3.8, 4) is 0 Å². The molecule has 0 saturated heterocycles. The molecular weight excluding hydrogens is 206 g/mol. The van der Waals surface area contributed by atoms with Crippen LogP contribution in [0.15, 0.2) is 0 Å². The van der Waals surface area contributed by atoms with Crippen LogP contribution in [-0.2, 0) is 4.74 Å². The lowest BCUT2D eigenvalue weighted by Gasteiger charge is -2.30. The smallest absolute Gasteiger partial charge is 0.0470 e. The summed E-state index contributed by atoms with van der Waals surface area (Å²) < 4.78 is 5.07. The van der Waals surface area contributed by atoms with Crippen molar-refractivity contribution in [1.82, 2.24) is 5.32 Å². The molecule has 0 radical (unpaired) electrons. The summed E-state index contributed by atoms with van der Waals surface area (Å²) in [4.78, 5) is 0. The van der Waals surface area contributed by atoms with Crippen LogP contribution in [0, 0.1) is 5.41 Å². The first-order chi connectivity index (χ1) is 7.11. The Bertz CT molecular complexity index is 184. The van der Waals surface area contributed by atoms with E-state index in [0.29, 0.717) is 11.5 Å². The molecule has 0 aromatic heterocycles. The zero-order valence-electron chi connectivity index (χ0n) is 10.5. The fraction of sp³-hybridized carbons (Fsp3) is 1.00. The van der Waals surface area contributed by atoms with Crippen molar-refractivity contribution in [1.29, 1.82) is 0 Å². The quantitative estimate of drug-likeness (QED) is 0.710. The molecule has 0 aromatic rings. The van der Waals surface area contributed by atoms with Crippen molar-refractivity contribution < 1.29 is 4.74 Å². The zero-order valence-corrected chi connectivity index (χ0v) is 11.3. The Balaban J connectivity index is 2.30. The average molecular weight is 231 g/mol. The topological polar surface area (TPSA) is 21.3 Å². The molecule has 2 atom stereocenters. The van der Waals surface area contributed by atoms with Gasteiger partial charge in [-0.1, -0.05) is 13.8 Å². The van der Waals surface area contributed by atoms with E-state index in [9.17, 15) is 0 Å². The van der Waals surface area contributed by atoms with Crippen molar-refractivity contribution in [3.05, 3.63) is 0 Å². The zero-order chi connectivity index (χ0) is 11.3. The van der Waals surface area contributed by atoms with Crippen molar-refractivity contribution in [2.45, 2.75) is 44.4 Å². The summed E-state index contributed by atoms with van der Waals surface area (Å²) in [7, 11) is 3.88. The van der Waals surface area contributed by atoms with Crippen LogP contribution in [0.1, 0.15) is 33.1 Å². The number of nitrogens with one attached hydrogen (secondary N) is 1. The SMILES string of the molecule is CNC1C(SCCCOC)CCC1(C)C. The van der Waals surface area contributed by atoms with Crippen molar-refractivity contribution in [2.75, 3.05) is 26.5 Å². The molecule has 2 unspecified atom stereocenters. The van der Waals surface area contributed by atoms with Crippen LogP contribution in [0.5, 0.6) is 0 Å². The summed E-state index contributed by atoms with van der Waals surface area (Å²) in [6.45, 7) is 5.65. The second-order valence-corrected chi connectivity index (χ2v) is 6.40. The summed E-state index contributed by atoms with van der Waals surface area (Å²) in [6.07, 6.45) is 3.88. The molecule has 0 amide bonds. The number of methoxy groups -OCH3 is 1. The van der Waals surface area contributed by atoms with E-state index in [0.717, 1.165) is 11.9 Å².